The van der Waals surface area contributed by atoms with Crippen LogP contribution < -0.4 is 24.8 Å². The van der Waals surface area contributed by atoms with Crippen LogP contribution in [0.25, 0.3) is 28.3 Å². The first kappa shape index (κ1) is 35.6. The molecular formula is C40H30Cl4Zr2. The fourth-order valence-corrected chi connectivity index (χ4v) is 10.7. The molecular weight excluding hydrogens is 805 g/mol. The summed E-state index contributed by atoms with van der Waals surface area (Å²) in [6.45, 7) is 0. The van der Waals surface area contributed by atoms with Gasteiger partial charge in [0.25, 0.3) is 0 Å². The topological polar surface area (TPSA) is 0 Å². The van der Waals surface area contributed by atoms with Crippen molar-refractivity contribution in [1.82, 2.24) is 0 Å². The van der Waals surface area contributed by atoms with Gasteiger partial charge in [-0.2, -0.15) is 0 Å². The summed E-state index contributed by atoms with van der Waals surface area (Å²) in [4.78, 5) is 0. The summed E-state index contributed by atoms with van der Waals surface area (Å²) >= 11 is -0.376. The van der Waals surface area contributed by atoms with E-state index in [0.29, 0.717) is 15.5 Å². The van der Waals surface area contributed by atoms with Crippen molar-refractivity contribution in [2.45, 2.75) is 21.9 Å². The number of benzene rings is 5. The van der Waals surface area contributed by atoms with Crippen molar-refractivity contribution in [3.8, 4) is 22.3 Å². The fourth-order valence-electron chi connectivity index (χ4n) is 6.94. The monoisotopic (exact) mass is 830 g/mol. The van der Waals surface area contributed by atoms with Crippen molar-refractivity contribution in [2.75, 3.05) is 0 Å². The Morgan fingerprint density at radius 2 is 0.935 bits per heavy atom. The second kappa shape index (κ2) is 16.1. The zero-order chi connectivity index (χ0) is 30.0. The molecule has 226 valence electrons. The molecule has 0 spiro atoms. The van der Waals surface area contributed by atoms with E-state index in [1.165, 1.54) is 58.9 Å². The molecule has 0 N–H and O–H groups in total. The minimum absolute atomic E-state index is 0. The number of hydrogen-bond donors (Lipinski definition) is 0. The van der Waals surface area contributed by atoms with Gasteiger partial charge in [0, 0.05) is 11.8 Å². The van der Waals surface area contributed by atoms with Gasteiger partial charge >= 0.3 is 140 Å². The first-order valence-electron chi connectivity index (χ1n) is 15.0. The Hall–Kier alpha value is -1.75. The zero-order valence-electron chi connectivity index (χ0n) is 24.9. The van der Waals surface area contributed by atoms with Gasteiger partial charge in [-0.15, -0.1) is 0 Å². The number of halogens is 4. The molecule has 1 atom stereocenters. The van der Waals surface area contributed by atoms with Crippen LogP contribution in [-0.2, 0) is 44.1 Å². The van der Waals surface area contributed by atoms with Gasteiger partial charge in [-0.05, 0) is 44.5 Å². The van der Waals surface area contributed by atoms with Gasteiger partial charge in [0.2, 0.25) is 0 Å². The average Bonchev–Trinajstić information content (AvgIpc) is 3.87. The van der Waals surface area contributed by atoms with Gasteiger partial charge < -0.3 is 24.8 Å². The average molecular weight is 835 g/mol. The van der Waals surface area contributed by atoms with Crippen LogP contribution in [0.5, 0.6) is 0 Å². The quantitative estimate of drug-likeness (QED) is 0.215. The summed E-state index contributed by atoms with van der Waals surface area (Å²) in [6.07, 6.45) is 11.6. The molecule has 0 radical (unpaired) electrons. The molecule has 46 heavy (non-hydrogen) atoms. The Labute approximate surface area is 315 Å². The Balaban J connectivity index is 0.000000172. The van der Waals surface area contributed by atoms with Crippen LogP contribution in [0, 0.1) is 0 Å². The molecule has 0 aliphatic heterocycles. The van der Waals surface area contributed by atoms with Crippen molar-refractivity contribution < 1.29 is 68.9 Å². The van der Waals surface area contributed by atoms with Gasteiger partial charge in [0.15, 0.2) is 0 Å². The van der Waals surface area contributed by atoms with Crippen molar-refractivity contribution in [3.63, 3.8) is 0 Å². The third-order valence-corrected chi connectivity index (χ3v) is 15.1. The van der Waals surface area contributed by atoms with Gasteiger partial charge in [-0.25, -0.2) is 0 Å². The third-order valence-electron chi connectivity index (χ3n) is 8.91. The molecule has 0 nitrogen and oxygen atoms in total. The number of fused-ring (bicyclic) bond motifs is 7. The Bertz CT molecular complexity index is 1740. The maximum atomic E-state index is 5.74. The molecule has 0 saturated heterocycles. The van der Waals surface area contributed by atoms with E-state index < -0.39 is 19.4 Å². The van der Waals surface area contributed by atoms with Crippen LogP contribution >= 0.6 is 17.0 Å². The van der Waals surface area contributed by atoms with Crippen molar-refractivity contribution in [1.29, 1.82) is 0 Å². The van der Waals surface area contributed by atoms with Crippen molar-refractivity contribution in [2.24, 2.45) is 0 Å². The Kier molecular flexibility index (Phi) is 12.4. The van der Waals surface area contributed by atoms with E-state index in [-0.39, 0.29) is 24.8 Å². The summed E-state index contributed by atoms with van der Waals surface area (Å²) in [5, 5.41) is 0. The van der Waals surface area contributed by atoms with Crippen molar-refractivity contribution in [3.05, 3.63) is 182 Å². The van der Waals surface area contributed by atoms with Crippen LogP contribution in [-0.4, -0.2) is 0 Å². The number of hydrogen-bond acceptors (Lipinski definition) is 0. The molecule has 0 bridgehead atoms. The number of rotatable bonds is 2. The second-order valence-electron chi connectivity index (χ2n) is 11.4. The summed E-state index contributed by atoms with van der Waals surface area (Å²) in [5.74, 6) is 0.763. The van der Waals surface area contributed by atoms with E-state index in [0.717, 1.165) is 6.42 Å². The minimum Gasteiger partial charge on any atom is -0.0619 e. The summed E-state index contributed by atoms with van der Waals surface area (Å²) in [7, 11) is 11.5. The van der Waals surface area contributed by atoms with Gasteiger partial charge in [-0.3, -0.25) is 0 Å². The number of allylic oxidation sites excluding steroid dienone is 5. The molecule has 1 unspecified atom stereocenters. The second-order valence-corrected chi connectivity index (χ2v) is 21.4. The fraction of sp³-hybridized carbons (Fsp3) is 0.100. The molecule has 0 saturated carbocycles. The van der Waals surface area contributed by atoms with Crippen LogP contribution in [0.1, 0.15) is 55.3 Å². The molecule has 6 heteroatoms. The zero-order valence-corrected chi connectivity index (χ0v) is 32.8. The van der Waals surface area contributed by atoms with E-state index in [4.69, 9.17) is 17.0 Å². The van der Waals surface area contributed by atoms with Crippen LogP contribution in [0.2, 0.25) is 0 Å². The van der Waals surface area contributed by atoms with Crippen LogP contribution in [0.15, 0.2) is 149 Å². The maximum Gasteiger partial charge on any atom is 0.0211 e. The first-order valence-corrected chi connectivity index (χ1v) is 24.0. The van der Waals surface area contributed by atoms with E-state index in [1.807, 2.05) is 12.2 Å². The summed E-state index contributed by atoms with van der Waals surface area (Å²) in [5.41, 5.74) is 14.4. The Morgan fingerprint density at radius 1 is 0.543 bits per heavy atom. The molecule has 0 fully saturated rings. The van der Waals surface area contributed by atoms with E-state index in [9.17, 15) is 0 Å². The predicted molar refractivity (Wildman–Crippen MR) is 179 cm³/mol. The first-order chi connectivity index (χ1) is 21.6. The molecule has 4 aliphatic rings. The molecule has 0 amide bonds. The SMILES string of the molecule is [Cl-].[Cl-].[Cl][Zr]([Cl])[C]1=CC=CC1.[Zr+2][CH]1C=Cc2ccccc21.c1ccc2c(c1)-c1ccccc1C2C1c2ccccc2-c2ccccc21. The normalized spacial score (nSPS) is 15.7. The van der Waals surface area contributed by atoms with E-state index in [2.05, 4.69) is 140 Å². The summed E-state index contributed by atoms with van der Waals surface area (Å²) < 4.78 is 2.00. The van der Waals surface area contributed by atoms with Gasteiger partial charge in [0.1, 0.15) is 0 Å². The smallest absolute Gasteiger partial charge is 0.0211 e. The van der Waals surface area contributed by atoms with Crippen molar-refractivity contribution >= 4 is 23.1 Å². The molecule has 5 aromatic carbocycles. The van der Waals surface area contributed by atoms with E-state index >= 15 is 0 Å². The van der Waals surface area contributed by atoms with Crippen LogP contribution in [0.4, 0.5) is 0 Å². The molecule has 0 heterocycles. The van der Waals surface area contributed by atoms with Crippen LogP contribution in [0.3, 0.4) is 0 Å². The van der Waals surface area contributed by atoms with E-state index in [1.54, 1.807) is 24.7 Å². The maximum absolute atomic E-state index is 5.74. The molecule has 9 rings (SSSR count). The predicted octanol–water partition coefficient (Wildman–Crippen LogP) is 5.68. The van der Waals surface area contributed by atoms with Gasteiger partial charge in [-0.1, -0.05) is 97.1 Å². The third kappa shape index (κ3) is 7.01. The molecule has 5 aromatic rings. The largest absolute Gasteiger partial charge is 0.0619 e. The molecule has 0 aromatic heterocycles. The minimum atomic E-state index is -1.96. The Morgan fingerprint density at radius 3 is 1.28 bits per heavy atom. The summed E-state index contributed by atoms with van der Waals surface area (Å²) in [6, 6.07) is 44.4. The van der Waals surface area contributed by atoms with Gasteiger partial charge in [0.05, 0.1) is 0 Å². The molecule has 4 aliphatic carbocycles. The standard InChI is InChI=1S/C26H18.C9H7.C5H5.4ClH.2Zr/c1-5-13-21-17(9-1)18-10-2-6-14-22(18)25(21)26-23-15-7-3-11-19(23)20-12-4-8-16-24(20)26;1-2-5-9-7-3-6-8(9)4-1;1-2-4-5-3-1;;;;;;/h1-16,25-26H;1-7H;1-3H,4H2;4*1H;;/q;;;;;;;2*+2/p-4.